The molecule has 2 aliphatic heterocycles. The third-order valence-electron chi connectivity index (χ3n) is 4.53. The molecule has 2 aromatic rings. The van der Waals surface area contributed by atoms with Crippen LogP contribution >= 0.6 is 31.9 Å². The minimum absolute atomic E-state index is 0.175. The number of nitrogens with zero attached hydrogens (tertiary/aromatic N) is 1. The maximum absolute atomic E-state index is 13.2. The highest BCUT2D eigenvalue weighted by molar-refractivity contribution is 9.10. The summed E-state index contributed by atoms with van der Waals surface area (Å²) in [5.41, 5.74) is 3.00. The van der Waals surface area contributed by atoms with Gasteiger partial charge in [0.1, 0.15) is 11.6 Å². The van der Waals surface area contributed by atoms with E-state index in [2.05, 4.69) is 42.2 Å². The molecule has 1 unspecified atom stereocenters. The lowest BCUT2D eigenvalue weighted by Crippen LogP contribution is -2.12. The summed E-state index contributed by atoms with van der Waals surface area (Å²) in [6.45, 7) is 1.93. The molecule has 26 heavy (non-hydrogen) atoms. The summed E-state index contributed by atoms with van der Waals surface area (Å²) < 4.78 is 27.3. The first-order valence-corrected chi connectivity index (χ1v) is 10.3. The van der Waals surface area contributed by atoms with Gasteiger partial charge in [-0.2, -0.15) is 0 Å². The molecule has 0 aliphatic carbocycles. The molecular weight excluding hydrogens is 466 g/mol. The van der Waals surface area contributed by atoms with Gasteiger partial charge in [-0.15, -0.1) is 0 Å². The first-order valence-electron chi connectivity index (χ1n) is 8.71. The van der Waals surface area contributed by atoms with E-state index < -0.39 is 0 Å². The van der Waals surface area contributed by atoms with Crippen molar-refractivity contribution in [3.63, 3.8) is 0 Å². The van der Waals surface area contributed by atoms with Crippen LogP contribution in [-0.2, 0) is 0 Å². The van der Waals surface area contributed by atoms with Crippen LogP contribution in [0.1, 0.15) is 42.9 Å². The van der Waals surface area contributed by atoms with Crippen molar-refractivity contribution in [2.24, 2.45) is 4.99 Å². The van der Waals surface area contributed by atoms with Crippen molar-refractivity contribution in [1.82, 2.24) is 5.32 Å². The molecule has 0 saturated carbocycles. The van der Waals surface area contributed by atoms with Gasteiger partial charge in [0.25, 0.3) is 0 Å². The maximum Gasteiger partial charge on any atom is 0.138 e. The summed E-state index contributed by atoms with van der Waals surface area (Å²) in [7, 11) is 0. The summed E-state index contributed by atoms with van der Waals surface area (Å²) in [5.74, 6) is -0.390. The number of hydrogen-bond acceptors (Lipinski definition) is 2. The van der Waals surface area contributed by atoms with Gasteiger partial charge in [0.2, 0.25) is 0 Å². The van der Waals surface area contributed by atoms with E-state index in [1.807, 2.05) is 12.1 Å². The van der Waals surface area contributed by atoms with Gasteiger partial charge < -0.3 is 5.32 Å². The predicted molar refractivity (Wildman–Crippen MR) is 109 cm³/mol. The van der Waals surface area contributed by atoms with Crippen LogP contribution in [0.25, 0.3) is 0 Å². The molecule has 0 radical (unpaired) electrons. The lowest BCUT2D eigenvalue weighted by molar-refractivity contribution is 0.601. The fourth-order valence-corrected chi connectivity index (χ4v) is 3.64. The van der Waals surface area contributed by atoms with Crippen molar-refractivity contribution in [2.75, 3.05) is 13.1 Å². The lowest BCUT2D eigenvalue weighted by atomic mass is 10.1. The summed E-state index contributed by atoms with van der Waals surface area (Å²) in [6.07, 6.45) is 4.36. The average molecular weight is 486 g/mol. The Kier molecular flexibility index (Phi) is 6.95. The number of rotatable bonds is 2. The fraction of sp³-hybridized carbons (Fsp3) is 0.350. The SMILES string of the molecule is Fc1cc(C2=NCCC2)ccc1Br.Fc1cc(C2CCCN2)ccc1Br. The second-order valence-corrected chi connectivity index (χ2v) is 8.09. The molecule has 1 N–H and O–H groups in total. The Bertz CT molecular complexity index is 802. The molecule has 2 heterocycles. The van der Waals surface area contributed by atoms with Crippen LogP contribution in [0.3, 0.4) is 0 Å². The molecule has 2 aliphatic rings. The summed E-state index contributed by atoms with van der Waals surface area (Å²) in [4.78, 5) is 4.31. The van der Waals surface area contributed by atoms with Crippen molar-refractivity contribution in [3.05, 3.63) is 68.1 Å². The molecule has 0 bridgehead atoms. The van der Waals surface area contributed by atoms with Crippen molar-refractivity contribution in [2.45, 2.75) is 31.7 Å². The number of nitrogens with one attached hydrogen (secondary N) is 1. The van der Waals surface area contributed by atoms with Gasteiger partial charge in [-0.3, -0.25) is 4.99 Å². The Morgan fingerprint density at radius 3 is 2.27 bits per heavy atom. The van der Waals surface area contributed by atoms with Crippen molar-refractivity contribution >= 4 is 37.6 Å². The molecule has 0 aromatic heterocycles. The monoisotopic (exact) mass is 484 g/mol. The molecule has 138 valence electrons. The van der Waals surface area contributed by atoms with Crippen LogP contribution in [-0.4, -0.2) is 18.8 Å². The third kappa shape index (κ3) is 4.99. The van der Waals surface area contributed by atoms with Gasteiger partial charge in [0, 0.05) is 18.3 Å². The minimum atomic E-state index is -0.216. The standard InChI is InChI=1S/C10H11BrFN.C10H9BrFN/c2*11-8-4-3-7(6-9(8)12)10-2-1-5-13-10/h3-4,6,10,13H,1-2,5H2;3-4,6H,1-2,5H2. The molecule has 6 heteroatoms. The van der Waals surface area contributed by atoms with Gasteiger partial charge in [0.15, 0.2) is 0 Å². The van der Waals surface area contributed by atoms with E-state index in [-0.39, 0.29) is 11.6 Å². The van der Waals surface area contributed by atoms with Crippen LogP contribution in [0, 0.1) is 11.6 Å². The van der Waals surface area contributed by atoms with Gasteiger partial charge >= 0.3 is 0 Å². The van der Waals surface area contributed by atoms with Crippen LogP contribution in [0.5, 0.6) is 0 Å². The Morgan fingerprint density at radius 1 is 0.962 bits per heavy atom. The molecule has 1 fully saturated rings. The number of benzene rings is 2. The van der Waals surface area contributed by atoms with Crippen molar-refractivity contribution in [1.29, 1.82) is 0 Å². The fourth-order valence-electron chi connectivity index (χ4n) is 3.15. The zero-order chi connectivity index (χ0) is 18.5. The van der Waals surface area contributed by atoms with E-state index in [0.29, 0.717) is 15.0 Å². The summed E-state index contributed by atoms with van der Waals surface area (Å²) in [5, 5.41) is 3.34. The van der Waals surface area contributed by atoms with E-state index in [4.69, 9.17) is 0 Å². The number of aliphatic imine (C=N–C) groups is 1. The average Bonchev–Trinajstić information content (AvgIpc) is 3.34. The second-order valence-electron chi connectivity index (χ2n) is 6.38. The normalized spacial score (nSPS) is 19.1. The third-order valence-corrected chi connectivity index (χ3v) is 5.82. The molecule has 0 spiro atoms. The van der Waals surface area contributed by atoms with Crippen LogP contribution in [0.15, 0.2) is 50.3 Å². The molecular formula is C20H20Br2F2N2. The first kappa shape index (κ1) is 19.6. The zero-order valence-electron chi connectivity index (χ0n) is 14.2. The van der Waals surface area contributed by atoms with E-state index in [9.17, 15) is 8.78 Å². The minimum Gasteiger partial charge on any atom is -0.310 e. The highest BCUT2D eigenvalue weighted by Gasteiger charge is 2.16. The number of halogens is 4. The topological polar surface area (TPSA) is 24.4 Å². The van der Waals surface area contributed by atoms with Crippen LogP contribution in [0.4, 0.5) is 8.78 Å². The smallest absolute Gasteiger partial charge is 0.138 e. The highest BCUT2D eigenvalue weighted by Crippen LogP contribution is 2.26. The van der Waals surface area contributed by atoms with E-state index in [0.717, 1.165) is 49.2 Å². The van der Waals surface area contributed by atoms with Gasteiger partial charge in [-0.1, -0.05) is 12.1 Å². The Labute approximate surface area is 169 Å². The Balaban J connectivity index is 0.000000151. The summed E-state index contributed by atoms with van der Waals surface area (Å²) >= 11 is 6.27. The van der Waals surface area contributed by atoms with Gasteiger partial charge in [0.05, 0.1) is 8.95 Å². The maximum atomic E-state index is 13.2. The zero-order valence-corrected chi connectivity index (χ0v) is 17.4. The van der Waals surface area contributed by atoms with E-state index in [1.54, 1.807) is 18.2 Å². The molecule has 2 nitrogen and oxygen atoms in total. The quantitative estimate of drug-likeness (QED) is 0.539. The van der Waals surface area contributed by atoms with Crippen LogP contribution in [0.2, 0.25) is 0 Å². The summed E-state index contributed by atoms with van der Waals surface area (Å²) in [6, 6.07) is 10.9. The Morgan fingerprint density at radius 2 is 1.69 bits per heavy atom. The van der Waals surface area contributed by atoms with Gasteiger partial charge in [-0.05, 0) is 99.5 Å². The highest BCUT2D eigenvalue weighted by atomic mass is 79.9. The van der Waals surface area contributed by atoms with Gasteiger partial charge in [-0.25, -0.2) is 8.78 Å². The molecule has 4 rings (SSSR count). The predicted octanol–water partition coefficient (Wildman–Crippen LogP) is 6.18. The second kappa shape index (κ2) is 9.20. The first-order chi connectivity index (χ1) is 12.5. The molecule has 0 amide bonds. The number of hydrogen-bond donors (Lipinski definition) is 1. The van der Waals surface area contributed by atoms with Crippen molar-refractivity contribution < 1.29 is 8.78 Å². The molecule has 1 saturated heterocycles. The largest absolute Gasteiger partial charge is 0.310 e. The molecule has 1 atom stereocenters. The Hall–Kier alpha value is -1.11. The van der Waals surface area contributed by atoms with E-state index in [1.165, 1.54) is 12.5 Å². The molecule has 2 aromatic carbocycles. The van der Waals surface area contributed by atoms with Crippen molar-refractivity contribution in [3.8, 4) is 0 Å². The lowest BCUT2D eigenvalue weighted by Gasteiger charge is -2.10. The van der Waals surface area contributed by atoms with E-state index >= 15 is 0 Å². The van der Waals surface area contributed by atoms with Crippen LogP contribution < -0.4 is 5.32 Å².